The summed E-state index contributed by atoms with van der Waals surface area (Å²) in [5, 5.41) is 0. The van der Waals surface area contributed by atoms with Gasteiger partial charge in [0.25, 0.3) is 0 Å². The highest BCUT2D eigenvalue weighted by atomic mass is 16.5. The summed E-state index contributed by atoms with van der Waals surface area (Å²) >= 11 is 0. The van der Waals surface area contributed by atoms with Gasteiger partial charge in [0.15, 0.2) is 0 Å². The van der Waals surface area contributed by atoms with Gasteiger partial charge in [0.2, 0.25) is 0 Å². The van der Waals surface area contributed by atoms with Crippen LogP contribution in [-0.4, -0.2) is 25.2 Å². The molecule has 0 saturated heterocycles. The minimum atomic E-state index is -0.312. The third kappa shape index (κ3) is 6.65. The number of esters is 2. The molecule has 0 spiro atoms. The zero-order valence-electron chi connectivity index (χ0n) is 17.0. The van der Waals surface area contributed by atoms with Gasteiger partial charge in [-0.2, -0.15) is 0 Å². The van der Waals surface area contributed by atoms with Crippen LogP contribution in [0.4, 0.5) is 0 Å². The average Bonchev–Trinajstić information content (AvgIpc) is 2.75. The lowest BCUT2D eigenvalue weighted by atomic mass is 9.87. The van der Waals surface area contributed by atoms with Gasteiger partial charge in [0.05, 0.1) is 24.3 Å². The number of ether oxygens (including phenoxy) is 2. The lowest BCUT2D eigenvalue weighted by Gasteiger charge is -2.21. The Hall–Kier alpha value is -1.84. The molecule has 0 amide bonds. The Bertz CT molecular complexity index is 555. The summed E-state index contributed by atoms with van der Waals surface area (Å²) in [6.45, 7) is 0.961. The van der Waals surface area contributed by atoms with E-state index in [1.807, 2.05) is 0 Å². The molecule has 2 aliphatic carbocycles. The van der Waals surface area contributed by atoms with Crippen LogP contribution < -0.4 is 0 Å². The summed E-state index contributed by atoms with van der Waals surface area (Å²) in [7, 11) is 0. The Labute approximate surface area is 169 Å². The minimum Gasteiger partial charge on any atom is -0.462 e. The van der Waals surface area contributed by atoms with Crippen LogP contribution in [0.2, 0.25) is 0 Å². The van der Waals surface area contributed by atoms with Crippen molar-refractivity contribution in [2.45, 2.75) is 77.0 Å². The maximum atomic E-state index is 12.2. The van der Waals surface area contributed by atoms with E-state index in [9.17, 15) is 9.59 Å². The number of hydrogen-bond donors (Lipinski definition) is 0. The Morgan fingerprint density at radius 1 is 0.643 bits per heavy atom. The maximum Gasteiger partial charge on any atom is 0.338 e. The highest BCUT2D eigenvalue weighted by molar-refractivity contribution is 5.93. The van der Waals surface area contributed by atoms with E-state index in [0.29, 0.717) is 36.2 Å². The molecule has 1 aromatic rings. The molecule has 0 radical (unpaired) electrons. The molecule has 3 rings (SSSR count). The Morgan fingerprint density at radius 2 is 1.00 bits per heavy atom. The molecule has 0 atom stereocenters. The lowest BCUT2D eigenvalue weighted by molar-refractivity contribution is 0.0460. The van der Waals surface area contributed by atoms with Gasteiger partial charge >= 0.3 is 11.9 Å². The SMILES string of the molecule is O=C(OCCC1CCCCC1)c1ccc(C(=O)OCCC2CCCCC2)cc1. The van der Waals surface area contributed by atoms with E-state index < -0.39 is 0 Å². The van der Waals surface area contributed by atoms with Gasteiger partial charge in [0, 0.05) is 0 Å². The van der Waals surface area contributed by atoms with Crippen LogP contribution >= 0.6 is 0 Å². The van der Waals surface area contributed by atoms with E-state index in [0.717, 1.165) is 12.8 Å². The van der Waals surface area contributed by atoms with E-state index in [1.165, 1.54) is 64.2 Å². The molecule has 4 heteroatoms. The first-order chi connectivity index (χ1) is 13.7. The molecule has 0 unspecified atom stereocenters. The summed E-state index contributed by atoms with van der Waals surface area (Å²) in [6, 6.07) is 6.61. The van der Waals surface area contributed by atoms with Crippen LogP contribution in [0.5, 0.6) is 0 Å². The second-order valence-corrected chi connectivity index (χ2v) is 8.43. The third-order valence-corrected chi connectivity index (χ3v) is 6.32. The minimum absolute atomic E-state index is 0.312. The highest BCUT2D eigenvalue weighted by Crippen LogP contribution is 2.27. The third-order valence-electron chi connectivity index (χ3n) is 6.32. The second-order valence-electron chi connectivity index (χ2n) is 8.43. The van der Waals surface area contributed by atoms with E-state index in [4.69, 9.17) is 9.47 Å². The van der Waals surface area contributed by atoms with E-state index in [1.54, 1.807) is 24.3 Å². The van der Waals surface area contributed by atoms with E-state index in [-0.39, 0.29) is 11.9 Å². The van der Waals surface area contributed by atoms with Crippen molar-refractivity contribution in [2.24, 2.45) is 11.8 Å². The van der Waals surface area contributed by atoms with Crippen molar-refractivity contribution >= 4 is 11.9 Å². The monoisotopic (exact) mass is 386 g/mol. The van der Waals surface area contributed by atoms with Crippen molar-refractivity contribution < 1.29 is 19.1 Å². The summed E-state index contributed by atoms with van der Waals surface area (Å²) in [5.74, 6) is 0.778. The molecule has 0 aromatic heterocycles. The number of rotatable bonds is 8. The molecule has 154 valence electrons. The second kappa shape index (κ2) is 11.2. The van der Waals surface area contributed by atoms with E-state index >= 15 is 0 Å². The summed E-state index contributed by atoms with van der Waals surface area (Å²) in [4.78, 5) is 24.4. The predicted octanol–water partition coefficient (Wildman–Crippen LogP) is 5.94. The molecule has 2 aliphatic rings. The lowest BCUT2D eigenvalue weighted by Crippen LogP contribution is -2.13. The predicted molar refractivity (Wildman–Crippen MR) is 109 cm³/mol. The van der Waals surface area contributed by atoms with Crippen molar-refractivity contribution in [3.8, 4) is 0 Å². The van der Waals surface area contributed by atoms with Crippen LogP contribution in [0, 0.1) is 11.8 Å². The number of carbonyl (C=O) groups excluding carboxylic acids is 2. The first-order valence-corrected chi connectivity index (χ1v) is 11.2. The molecule has 28 heavy (non-hydrogen) atoms. The van der Waals surface area contributed by atoms with Crippen LogP contribution in [0.1, 0.15) is 97.8 Å². The fourth-order valence-electron chi connectivity index (χ4n) is 4.50. The molecule has 4 nitrogen and oxygen atoms in total. The number of benzene rings is 1. The fourth-order valence-corrected chi connectivity index (χ4v) is 4.50. The van der Waals surface area contributed by atoms with Gasteiger partial charge < -0.3 is 9.47 Å². The zero-order valence-corrected chi connectivity index (χ0v) is 17.0. The van der Waals surface area contributed by atoms with Crippen LogP contribution in [0.3, 0.4) is 0 Å². The number of hydrogen-bond acceptors (Lipinski definition) is 4. The maximum absolute atomic E-state index is 12.2. The fraction of sp³-hybridized carbons (Fsp3) is 0.667. The van der Waals surface area contributed by atoms with Crippen LogP contribution in [-0.2, 0) is 9.47 Å². The molecule has 2 fully saturated rings. The molecular weight excluding hydrogens is 352 g/mol. The quantitative estimate of drug-likeness (QED) is 0.519. The smallest absolute Gasteiger partial charge is 0.338 e. The first-order valence-electron chi connectivity index (χ1n) is 11.2. The average molecular weight is 387 g/mol. The molecule has 2 saturated carbocycles. The molecular formula is C24H34O4. The van der Waals surface area contributed by atoms with Gasteiger partial charge in [-0.3, -0.25) is 0 Å². The van der Waals surface area contributed by atoms with Gasteiger partial charge in [0.1, 0.15) is 0 Å². The summed E-state index contributed by atoms with van der Waals surface area (Å²) < 4.78 is 10.8. The molecule has 0 N–H and O–H groups in total. The van der Waals surface area contributed by atoms with Gasteiger partial charge in [-0.25, -0.2) is 9.59 Å². The Balaban J connectivity index is 1.36. The van der Waals surface area contributed by atoms with Crippen molar-refractivity contribution in [1.29, 1.82) is 0 Å². The van der Waals surface area contributed by atoms with Crippen molar-refractivity contribution in [3.63, 3.8) is 0 Å². The summed E-state index contributed by atoms with van der Waals surface area (Å²) in [5.41, 5.74) is 0.977. The van der Waals surface area contributed by atoms with Crippen molar-refractivity contribution in [1.82, 2.24) is 0 Å². The van der Waals surface area contributed by atoms with Crippen molar-refractivity contribution in [2.75, 3.05) is 13.2 Å². The topological polar surface area (TPSA) is 52.6 Å². The molecule has 0 heterocycles. The van der Waals surface area contributed by atoms with E-state index in [2.05, 4.69) is 0 Å². The van der Waals surface area contributed by atoms with Crippen LogP contribution in [0.15, 0.2) is 24.3 Å². The highest BCUT2D eigenvalue weighted by Gasteiger charge is 2.16. The largest absolute Gasteiger partial charge is 0.462 e. The molecule has 0 bridgehead atoms. The Morgan fingerprint density at radius 3 is 1.36 bits per heavy atom. The van der Waals surface area contributed by atoms with Gasteiger partial charge in [-0.1, -0.05) is 64.2 Å². The van der Waals surface area contributed by atoms with Crippen molar-refractivity contribution in [3.05, 3.63) is 35.4 Å². The standard InChI is InChI=1S/C24H34O4/c25-23(27-17-15-19-7-3-1-4-8-19)21-11-13-22(14-12-21)24(26)28-18-16-20-9-5-2-6-10-20/h11-14,19-20H,1-10,15-18H2. The molecule has 1 aromatic carbocycles. The van der Waals surface area contributed by atoms with Gasteiger partial charge in [-0.05, 0) is 48.9 Å². The van der Waals surface area contributed by atoms with Crippen LogP contribution in [0.25, 0.3) is 0 Å². The van der Waals surface area contributed by atoms with Gasteiger partial charge in [-0.15, -0.1) is 0 Å². The zero-order chi connectivity index (χ0) is 19.6. The normalized spacial score (nSPS) is 18.6. The number of carbonyl (C=O) groups is 2. The Kier molecular flexibility index (Phi) is 8.38. The molecule has 0 aliphatic heterocycles. The summed E-state index contributed by atoms with van der Waals surface area (Å²) in [6.07, 6.45) is 14.8. The first kappa shape index (κ1) is 20.9.